The van der Waals surface area contributed by atoms with Gasteiger partial charge in [0, 0.05) is 11.8 Å². The van der Waals surface area contributed by atoms with Crippen LogP contribution >= 0.6 is 15.9 Å². The maximum absolute atomic E-state index is 12.7. The van der Waals surface area contributed by atoms with E-state index in [1.807, 2.05) is 25.3 Å². The molecular formula is C24H23BrN6O3. The van der Waals surface area contributed by atoms with Crippen LogP contribution in [0.2, 0.25) is 0 Å². The summed E-state index contributed by atoms with van der Waals surface area (Å²) in [5.74, 6) is 0.158. The zero-order chi connectivity index (χ0) is 24.4. The number of nitrogens with one attached hydrogen (secondary N) is 1. The van der Waals surface area contributed by atoms with Crippen molar-refractivity contribution in [1.82, 2.24) is 19.6 Å². The molecule has 0 aliphatic heterocycles. The Balaban J connectivity index is 1.42. The Labute approximate surface area is 204 Å². The molecule has 0 aliphatic carbocycles. The van der Waals surface area contributed by atoms with E-state index in [9.17, 15) is 14.9 Å². The van der Waals surface area contributed by atoms with E-state index in [0.717, 1.165) is 11.1 Å². The molecule has 1 N–H and O–H groups in total. The molecule has 2 heterocycles. The minimum atomic E-state index is -0.415. The van der Waals surface area contributed by atoms with Gasteiger partial charge in [-0.25, -0.2) is 0 Å². The van der Waals surface area contributed by atoms with E-state index in [4.69, 9.17) is 0 Å². The lowest BCUT2D eigenvalue weighted by molar-refractivity contribution is -0.386. The standard InChI is InChI=1S/C24H23BrN6O3/c1-15-4-6-18(7-5-15)12-29-14-21(25)23(28-29)26-24(32)20-10-8-19(9-11-20)13-30-17(3)22(31(33)34)16(2)27-30/h4-11,14H,12-13H2,1-3H3,(H,26,28,32). The molecule has 174 valence electrons. The van der Waals surface area contributed by atoms with Crippen LogP contribution < -0.4 is 5.32 Å². The van der Waals surface area contributed by atoms with Gasteiger partial charge in [0.05, 0.1) is 22.5 Å². The van der Waals surface area contributed by atoms with Crippen LogP contribution in [-0.4, -0.2) is 30.4 Å². The second-order valence-corrected chi connectivity index (χ2v) is 8.95. The summed E-state index contributed by atoms with van der Waals surface area (Å²) in [7, 11) is 0. The van der Waals surface area contributed by atoms with Gasteiger partial charge in [0.2, 0.25) is 0 Å². The number of aryl methyl sites for hydroxylation is 2. The van der Waals surface area contributed by atoms with Crippen LogP contribution in [0.25, 0.3) is 0 Å². The summed E-state index contributed by atoms with van der Waals surface area (Å²) < 4.78 is 4.05. The van der Waals surface area contributed by atoms with Gasteiger partial charge in [-0.15, -0.1) is 0 Å². The molecule has 2 aromatic carbocycles. The third-order valence-electron chi connectivity index (χ3n) is 5.49. The Morgan fingerprint density at radius 2 is 1.62 bits per heavy atom. The second kappa shape index (κ2) is 9.60. The zero-order valence-electron chi connectivity index (χ0n) is 18.9. The highest BCUT2D eigenvalue weighted by molar-refractivity contribution is 9.10. The fourth-order valence-corrected chi connectivity index (χ4v) is 4.08. The van der Waals surface area contributed by atoms with E-state index in [2.05, 4.69) is 55.7 Å². The number of hydrogen-bond acceptors (Lipinski definition) is 5. The average Bonchev–Trinajstić information content (AvgIpc) is 3.27. The molecule has 0 fully saturated rings. The molecule has 0 aliphatic rings. The summed E-state index contributed by atoms with van der Waals surface area (Å²) >= 11 is 3.46. The molecule has 1 amide bonds. The van der Waals surface area contributed by atoms with Crippen molar-refractivity contribution in [1.29, 1.82) is 0 Å². The smallest absolute Gasteiger partial charge is 0.304 e. The lowest BCUT2D eigenvalue weighted by atomic mass is 10.1. The van der Waals surface area contributed by atoms with E-state index < -0.39 is 4.92 Å². The molecular weight excluding hydrogens is 500 g/mol. The first-order chi connectivity index (χ1) is 16.2. The SMILES string of the molecule is Cc1ccc(Cn2cc(Br)c(NC(=O)c3ccc(Cn4nc(C)c([N+](=O)[O-])c4C)cc3)n2)cc1. The molecule has 0 spiro atoms. The van der Waals surface area contributed by atoms with Gasteiger partial charge in [-0.1, -0.05) is 42.0 Å². The number of rotatable bonds is 7. The molecule has 4 rings (SSSR count). The van der Waals surface area contributed by atoms with Crippen LogP contribution in [0.15, 0.2) is 59.2 Å². The summed E-state index contributed by atoms with van der Waals surface area (Å²) in [4.78, 5) is 23.5. The number of amides is 1. The van der Waals surface area contributed by atoms with Crippen molar-refractivity contribution in [3.05, 3.63) is 103 Å². The lowest BCUT2D eigenvalue weighted by Gasteiger charge is -2.07. The number of carbonyl (C=O) groups excluding carboxylic acids is 1. The van der Waals surface area contributed by atoms with Crippen molar-refractivity contribution in [2.45, 2.75) is 33.9 Å². The highest BCUT2D eigenvalue weighted by Crippen LogP contribution is 2.24. The van der Waals surface area contributed by atoms with Gasteiger partial charge in [0.25, 0.3) is 5.91 Å². The van der Waals surface area contributed by atoms with Gasteiger partial charge in [-0.3, -0.25) is 24.3 Å². The molecule has 0 atom stereocenters. The second-order valence-electron chi connectivity index (χ2n) is 8.09. The van der Waals surface area contributed by atoms with Crippen LogP contribution in [0.3, 0.4) is 0 Å². The summed E-state index contributed by atoms with van der Waals surface area (Å²) in [6.45, 7) is 6.30. The molecule has 0 saturated heterocycles. The van der Waals surface area contributed by atoms with E-state index in [0.29, 0.717) is 40.3 Å². The lowest BCUT2D eigenvalue weighted by Crippen LogP contribution is -2.13. The van der Waals surface area contributed by atoms with Crippen molar-refractivity contribution < 1.29 is 9.72 Å². The number of aromatic nitrogens is 4. The number of hydrogen-bond donors (Lipinski definition) is 1. The van der Waals surface area contributed by atoms with E-state index in [1.54, 1.807) is 35.3 Å². The fourth-order valence-electron chi connectivity index (χ4n) is 3.66. The number of carbonyl (C=O) groups is 1. The van der Waals surface area contributed by atoms with Crippen molar-refractivity contribution in [2.24, 2.45) is 0 Å². The Morgan fingerprint density at radius 1 is 1.00 bits per heavy atom. The van der Waals surface area contributed by atoms with Crippen molar-refractivity contribution in [3.8, 4) is 0 Å². The molecule has 0 radical (unpaired) electrons. The molecule has 0 unspecified atom stereocenters. The summed E-state index contributed by atoms with van der Waals surface area (Å²) in [6.07, 6.45) is 1.83. The van der Waals surface area contributed by atoms with E-state index in [-0.39, 0.29) is 11.6 Å². The maximum Gasteiger partial charge on any atom is 0.312 e. The van der Waals surface area contributed by atoms with Crippen molar-refractivity contribution in [3.63, 3.8) is 0 Å². The normalized spacial score (nSPS) is 10.9. The minimum Gasteiger partial charge on any atom is -0.304 e. The van der Waals surface area contributed by atoms with Crippen LogP contribution in [0.1, 0.15) is 38.4 Å². The quantitative estimate of drug-likeness (QED) is 0.270. The third-order valence-corrected chi connectivity index (χ3v) is 6.07. The predicted octanol–water partition coefficient (Wildman–Crippen LogP) is 5.02. The minimum absolute atomic E-state index is 0.0309. The molecule has 34 heavy (non-hydrogen) atoms. The number of nitrogens with zero attached hydrogens (tertiary/aromatic N) is 5. The largest absolute Gasteiger partial charge is 0.312 e. The molecule has 9 nitrogen and oxygen atoms in total. The highest BCUT2D eigenvalue weighted by atomic mass is 79.9. The van der Waals surface area contributed by atoms with E-state index in [1.165, 1.54) is 5.56 Å². The highest BCUT2D eigenvalue weighted by Gasteiger charge is 2.21. The van der Waals surface area contributed by atoms with Crippen LogP contribution in [0.5, 0.6) is 0 Å². The van der Waals surface area contributed by atoms with E-state index >= 15 is 0 Å². The van der Waals surface area contributed by atoms with Crippen molar-refractivity contribution in [2.75, 3.05) is 5.32 Å². The van der Waals surface area contributed by atoms with Crippen molar-refractivity contribution >= 4 is 33.3 Å². The third kappa shape index (κ3) is 5.07. The Bertz CT molecular complexity index is 1360. The zero-order valence-corrected chi connectivity index (χ0v) is 20.5. The summed E-state index contributed by atoms with van der Waals surface area (Å²) in [5.41, 5.74) is 4.57. The van der Waals surface area contributed by atoms with Gasteiger partial charge < -0.3 is 5.32 Å². The van der Waals surface area contributed by atoms with Gasteiger partial charge >= 0.3 is 5.69 Å². The predicted molar refractivity (Wildman–Crippen MR) is 132 cm³/mol. The summed E-state index contributed by atoms with van der Waals surface area (Å²) in [5, 5.41) is 22.8. The molecule has 2 aromatic heterocycles. The van der Waals surface area contributed by atoms with Gasteiger partial charge in [-0.05, 0) is 60.0 Å². The first-order valence-electron chi connectivity index (χ1n) is 10.6. The average molecular weight is 523 g/mol. The number of anilines is 1. The monoisotopic (exact) mass is 522 g/mol. The summed E-state index contributed by atoms with van der Waals surface area (Å²) in [6, 6.07) is 15.2. The Kier molecular flexibility index (Phi) is 6.60. The van der Waals surface area contributed by atoms with Crippen LogP contribution in [-0.2, 0) is 13.1 Å². The Morgan fingerprint density at radius 3 is 2.24 bits per heavy atom. The number of benzene rings is 2. The van der Waals surface area contributed by atoms with Crippen LogP contribution in [0, 0.1) is 30.9 Å². The first-order valence-corrected chi connectivity index (χ1v) is 11.4. The molecule has 4 aromatic rings. The molecule has 0 bridgehead atoms. The molecule has 10 heteroatoms. The molecule has 0 saturated carbocycles. The number of nitro groups is 1. The van der Waals surface area contributed by atoms with Gasteiger partial charge in [0.1, 0.15) is 11.4 Å². The fraction of sp³-hybridized carbons (Fsp3) is 0.208. The number of halogens is 1. The van der Waals surface area contributed by atoms with Gasteiger partial charge in [-0.2, -0.15) is 10.2 Å². The Hall–Kier alpha value is -3.79. The maximum atomic E-state index is 12.7. The topological polar surface area (TPSA) is 108 Å². The van der Waals surface area contributed by atoms with Crippen LogP contribution in [0.4, 0.5) is 11.5 Å². The first kappa shape index (κ1) is 23.4. The van der Waals surface area contributed by atoms with Gasteiger partial charge in [0.15, 0.2) is 5.82 Å².